The van der Waals surface area contributed by atoms with Gasteiger partial charge in [-0.05, 0) is 30.0 Å². The molecule has 0 saturated heterocycles. The van der Waals surface area contributed by atoms with Crippen LogP contribution < -0.4 is 11.3 Å². The van der Waals surface area contributed by atoms with Crippen molar-refractivity contribution in [2.45, 2.75) is 19.8 Å². The van der Waals surface area contributed by atoms with Gasteiger partial charge in [-0.15, -0.1) is 0 Å². The van der Waals surface area contributed by atoms with Gasteiger partial charge in [0.05, 0.1) is 0 Å². The Hall–Kier alpha value is -1.61. The van der Waals surface area contributed by atoms with Crippen LogP contribution in [0.25, 0.3) is 10.9 Å². The molecule has 0 aliphatic carbocycles. The summed E-state index contributed by atoms with van der Waals surface area (Å²) in [6.07, 6.45) is 0. The molecule has 3 nitrogen and oxygen atoms in total. The minimum atomic E-state index is -0.0205. The van der Waals surface area contributed by atoms with E-state index in [0.717, 1.165) is 16.5 Å². The highest BCUT2D eigenvalue weighted by atomic mass is 16.1. The summed E-state index contributed by atoms with van der Waals surface area (Å²) in [7, 11) is 0. The van der Waals surface area contributed by atoms with E-state index < -0.39 is 0 Å². The molecule has 0 spiro atoms. The number of H-pyrrole nitrogens is 1. The first-order valence-electron chi connectivity index (χ1n) is 5.95. The molecule has 0 bridgehead atoms. The first kappa shape index (κ1) is 11.9. The van der Waals surface area contributed by atoms with E-state index in [-0.39, 0.29) is 11.5 Å². The Kier molecular flexibility index (Phi) is 3.29. The molecule has 1 heterocycles. The second-order valence-corrected chi connectivity index (χ2v) is 4.73. The van der Waals surface area contributed by atoms with Gasteiger partial charge in [0.25, 0.3) is 5.56 Å². The molecule has 0 saturated carbocycles. The maximum Gasteiger partial charge on any atom is 0.251 e. The number of fused-ring (bicyclic) bond motifs is 1. The van der Waals surface area contributed by atoms with Crippen LogP contribution in [0.3, 0.4) is 0 Å². The predicted octanol–water partition coefficient (Wildman–Crippen LogP) is 2.23. The van der Waals surface area contributed by atoms with Gasteiger partial charge in [0, 0.05) is 17.0 Å². The van der Waals surface area contributed by atoms with Crippen LogP contribution in [0.1, 0.15) is 25.3 Å². The quantitative estimate of drug-likeness (QED) is 0.849. The van der Waals surface area contributed by atoms with Crippen LogP contribution in [0.4, 0.5) is 0 Å². The third-order valence-corrected chi connectivity index (χ3v) is 3.24. The zero-order valence-corrected chi connectivity index (χ0v) is 10.2. The molecular weight excluding hydrogens is 212 g/mol. The Morgan fingerprint density at radius 3 is 2.65 bits per heavy atom. The average Bonchev–Trinajstić information content (AvgIpc) is 2.30. The van der Waals surface area contributed by atoms with E-state index in [1.807, 2.05) is 30.3 Å². The fourth-order valence-corrected chi connectivity index (χ4v) is 2.20. The third-order valence-electron chi connectivity index (χ3n) is 3.24. The highest BCUT2D eigenvalue weighted by molar-refractivity contribution is 5.78. The summed E-state index contributed by atoms with van der Waals surface area (Å²) in [5, 5.41) is 1.06. The Morgan fingerprint density at radius 1 is 1.29 bits per heavy atom. The van der Waals surface area contributed by atoms with Crippen LogP contribution in [0, 0.1) is 5.92 Å². The average molecular weight is 230 g/mol. The van der Waals surface area contributed by atoms with Gasteiger partial charge >= 0.3 is 0 Å². The number of hydrogen-bond donors (Lipinski definition) is 2. The summed E-state index contributed by atoms with van der Waals surface area (Å²) in [6.45, 7) is 4.68. The topological polar surface area (TPSA) is 58.9 Å². The molecule has 0 aliphatic heterocycles. The lowest BCUT2D eigenvalue weighted by Crippen LogP contribution is -2.25. The van der Waals surface area contributed by atoms with E-state index in [2.05, 4.69) is 18.8 Å². The van der Waals surface area contributed by atoms with Gasteiger partial charge in [-0.2, -0.15) is 0 Å². The molecule has 0 fully saturated rings. The molecule has 17 heavy (non-hydrogen) atoms. The monoisotopic (exact) mass is 230 g/mol. The van der Waals surface area contributed by atoms with Crippen LogP contribution in [0.15, 0.2) is 35.1 Å². The van der Waals surface area contributed by atoms with Gasteiger partial charge in [0.2, 0.25) is 0 Å². The summed E-state index contributed by atoms with van der Waals surface area (Å²) in [6, 6.07) is 9.76. The molecule has 2 rings (SSSR count). The normalized spacial score (nSPS) is 13.2. The minimum Gasteiger partial charge on any atom is -0.330 e. The minimum absolute atomic E-state index is 0.0205. The third kappa shape index (κ3) is 2.24. The van der Waals surface area contributed by atoms with E-state index in [0.29, 0.717) is 12.5 Å². The lowest BCUT2D eigenvalue weighted by atomic mass is 9.89. The van der Waals surface area contributed by atoms with Crippen molar-refractivity contribution >= 4 is 10.9 Å². The fraction of sp³-hybridized carbons (Fsp3) is 0.357. The second-order valence-electron chi connectivity index (χ2n) is 4.73. The fourth-order valence-electron chi connectivity index (χ4n) is 2.20. The summed E-state index contributed by atoms with van der Waals surface area (Å²) in [5.41, 5.74) is 7.41. The Morgan fingerprint density at radius 2 is 2.00 bits per heavy atom. The molecule has 3 heteroatoms. The van der Waals surface area contributed by atoms with Crippen LogP contribution in [-0.2, 0) is 0 Å². The Labute approximate surface area is 101 Å². The van der Waals surface area contributed by atoms with Crippen LogP contribution in [0.2, 0.25) is 0 Å². The molecule has 0 amide bonds. The maximum absolute atomic E-state index is 12.0. The van der Waals surface area contributed by atoms with Crippen molar-refractivity contribution in [1.82, 2.24) is 4.98 Å². The number of aromatic amines is 1. The van der Waals surface area contributed by atoms with Crippen molar-refractivity contribution in [2.75, 3.05) is 6.54 Å². The van der Waals surface area contributed by atoms with Crippen LogP contribution >= 0.6 is 0 Å². The SMILES string of the molecule is CC(C)C(CN)c1cc2ccccc2[nH]c1=O. The molecule has 90 valence electrons. The van der Waals surface area contributed by atoms with Crippen LogP contribution in [-0.4, -0.2) is 11.5 Å². The first-order valence-corrected chi connectivity index (χ1v) is 5.95. The van der Waals surface area contributed by atoms with Gasteiger partial charge < -0.3 is 10.7 Å². The smallest absolute Gasteiger partial charge is 0.251 e. The van der Waals surface area contributed by atoms with Gasteiger partial charge in [-0.1, -0.05) is 32.0 Å². The number of nitrogens with two attached hydrogens (primary N) is 1. The van der Waals surface area contributed by atoms with Gasteiger partial charge in [-0.25, -0.2) is 0 Å². The van der Waals surface area contributed by atoms with Crippen molar-refractivity contribution < 1.29 is 0 Å². The molecule has 1 aromatic carbocycles. The first-order chi connectivity index (χ1) is 8.13. The van der Waals surface area contributed by atoms with Crippen molar-refractivity contribution in [2.24, 2.45) is 11.7 Å². The lowest BCUT2D eigenvalue weighted by molar-refractivity contribution is 0.503. The molecule has 1 atom stereocenters. The van der Waals surface area contributed by atoms with Crippen molar-refractivity contribution in [3.8, 4) is 0 Å². The summed E-state index contributed by atoms with van der Waals surface area (Å²) in [5.74, 6) is 0.477. The van der Waals surface area contributed by atoms with E-state index in [4.69, 9.17) is 5.73 Å². The standard InChI is InChI=1S/C14H18N2O/c1-9(2)12(8-15)11-7-10-5-3-4-6-13(10)16-14(11)17/h3-7,9,12H,8,15H2,1-2H3,(H,16,17). The second kappa shape index (κ2) is 4.72. The highest BCUT2D eigenvalue weighted by Crippen LogP contribution is 2.22. The van der Waals surface area contributed by atoms with Crippen molar-refractivity contribution in [3.63, 3.8) is 0 Å². The van der Waals surface area contributed by atoms with E-state index >= 15 is 0 Å². The van der Waals surface area contributed by atoms with Gasteiger partial charge in [-0.3, -0.25) is 4.79 Å². The Balaban J connectivity index is 2.61. The number of para-hydroxylation sites is 1. The molecule has 1 unspecified atom stereocenters. The zero-order valence-electron chi connectivity index (χ0n) is 10.2. The number of nitrogens with one attached hydrogen (secondary N) is 1. The number of rotatable bonds is 3. The molecular formula is C14H18N2O. The zero-order chi connectivity index (χ0) is 12.4. The van der Waals surface area contributed by atoms with Crippen molar-refractivity contribution in [3.05, 3.63) is 46.2 Å². The number of hydrogen-bond acceptors (Lipinski definition) is 2. The Bertz CT molecular complexity index is 572. The summed E-state index contributed by atoms with van der Waals surface area (Å²) < 4.78 is 0. The number of benzene rings is 1. The molecule has 1 aromatic heterocycles. The molecule has 3 N–H and O–H groups in total. The lowest BCUT2D eigenvalue weighted by Gasteiger charge is -2.18. The van der Waals surface area contributed by atoms with E-state index in [9.17, 15) is 4.79 Å². The highest BCUT2D eigenvalue weighted by Gasteiger charge is 2.17. The number of pyridine rings is 1. The van der Waals surface area contributed by atoms with Crippen molar-refractivity contribution in [1.29, 1.82) is 0 Å². The van der Waals surface area contributed by atoms with Gasteiger partial charge in [0.1, 0.15) is 0 Å². The summed E-state index contributed by atoms with van der Waals surface area (Å²) in [4.78, 5) is 14.9. The van der Waals surface area contributed by atoms with Crippen LogP contribution in [0.5, 0.6) is 0 Å². The maximum atomic E-state index is 12.0. The summed E-state index contributed by atoms with van der Waals surface area (Å²) >= 11 is 0. The largest absolute Gasteiger partial charge is 0.330 e. The molecule has 0 radical (unpaired) electrons. The molecule has 0 aliphatic rings. The number of aromatic nitrogens is 1. The van der Waals surface area contributed by atoms with E-state index in [1.54, 1.807) is 0 Å². The van der Waals surface area contributed by atoms with E-state index in [1.165, 1.54) is 0 Å². The molecule has 2 aromatic rings. The van der Waals surface area contributed by atoms with Gasteiger partial charge in [0.15, 0.2) is 0 Å². The predicted molar refractivity (Wildman–Crippen MR) is 71.2 cm³/mol.